The number of amides is 1. The van der Waals surface area contributed by atoms with E-state index >= 15 is 0 Å². The average Bonchev–Trinajstić information content (AvgIpc) is 2.68. The minimum absolute atomic E-state index is 0.0121. The van der Waals surface area contributed by atoms with Crippen molar-refractivity contribution in [1.29, 1.82) is 0 Å². The second kappa shape index (κ2) is 9.19. The molecule has 1 N–H and O–H groups in total. The van der Waals surface area contributed by atoms with Crippen molar-refractivity contribution in [2.75, 3.05) is 13.1 Å². The molecule has 156 valence electrons. The Bertz CT molecular complexity index is 920. The van der Waals surface area contributed by atoms with Crippen LogP contribution in [0.15, 0.2) is 41.3 Å². The summed E-state index contributed by atoms with van der Waals surface area (Å²) in [5.74, 6) is -0.585. The Morgan fingerprint density at radius 3 is 2.62 bits per heavy atom. The molecule has 1 aliphatic heterocycles. The molecule has 0 bridgehead atoms. The van der Waals surface area contributed by atoms with Crippen molar-refractivity contribution < 1.29 is 23.8 Å². The Kier molecular flexibility index (Phi) is 6.66. The number of aliphatic hydroxyl groups is 1. The molecular formula is C21H25FN2O5. The summed E-state index contributed by atoms with van der Waals surface area (Å²) in [6.07, 6.45) is 1.27. The van der Waals surface area contributed by atoms with E-state index in [1.54, 1.807) is 23.1 Å². The van der Waals surface area contributed by atoms with E-state index in [0.717, 1.165) is 0 Å². The average molecular weight is 404 g/mol. The van der Waals surface area contributed by atoms with Crippen LogP contribution >= 0.6 is 0 Å². The zero-order valence-electron chi connectivity index (χ0n) is 16.5. The van der Waals surface area contributed by atoms with Crippen LogP contribution in [-0.4, -0.2) is 45.8 Å². The first-order chi connectivity index (χ1) is 13.9. The predicted octanol–water partition coefficient (Wildman–Crippen LogP) is 1.69. The SMILES string of the molecule is C[C@@H]1CN(C(=O)Cn2cc(OCc3ccccc3F)c(=O)cc2CO)C[C@H](C)O1. The lowest BCUT2D eigenvalue weighted by Gasteiger charge is -2.35. The Balaban J connectivity index is 1.77. The molecular weight excluding hydrogens is 379 g/mol. The highest BCUT2D eigenvalue weighted by Crippen LogP contribution is 2.15. The second-order valence-electron chi connectivity index (χ2n) is 7.22. The van der Waals surface area contributed by atoms with E-state index in [2.05, 4.69) is 0 Å². The van der Waals surface area contributed by atoms with Crippen molar-refractivity contribution in [2.24, 2.45) is 0 Å². The number of carbonyl (C=O) groups excluding carboxylic acids is 1. The fourth-order valence-corrected chi connectivity index (χ4v) is 3.38. The minimum atomic E-state index is -0.442. The molecule has 8 heteroatoms. The number of benzene rings is 1. The summed E-state index contributed by atoms with van der Waals surface area (Å²) in [7, 11) is 0. The molecule has 2 atom stereocenters. The van der Waals surface area contributed by atoms with Gasteiger partial charge in [0.1, 0.15) is 19.0 Å². The third-order valence-corrected chi connectivity index (χ3v) is 4.76. The van der Waals surface area contributed by atoms with Crippen LogP contribution in [0, 0.1) is 5.82 Å². The van der Waals surface area contributed by atoms with Crippen molar-refractivity contribution in [2.45, 2.75) is 45.8 Å². The monoisotopic (exact) mass is 404 g/mol. The zero-order chi connectivity index (χ0) is 21.0. The Morgan fingerprint density at radius 2 is 1.97 bits per heavy atom. The molecule has 1 aromatic heterocycles. The van der Waals surface area contributed by atoms with Gasteiger partial charge in [0.05, 0.1) is 25.0 Å². The highest BCUT2D eigenvalue weighted by molar-refractivity contribution is 5.76. The van der Waals surface area contributed by atoms with Crippen LogP contribution in [0.2, 0.25) is 0 Å². The standard InChI is InChI=1S/C21H25FN2O5/c1-14-8-24(9-15(2)29-14)21(27)11-23-10-20(19(26)7-17(23)12-25)28-13-16-5-3-4-6-18(16)22/h3-7,10,14-15,25H,8-9,11-13H2,1-2H3/t14-,15+. The molecule has 1 aliphatic rings. The molecule has 0 radical (unpaired) electrons. The maximum absolute atomic E-state index is 13.8. The number of aliphatic hydroxyl groups excluding tert-OH is 1. The van der Waals surface area contributed by atoms with Gasteiger partial charge in [-0.05, 0) is 19.9 Å². The molecule has 1 fully saturated rings. The molecule has 1 aromatic carbocycles. The molecule has 0 saturated carbocycles. The number of hydrogen-bond acceptors (Lipinski definition) is 5. The van der Waals surface area contributed by atoms with E-state index in [4.69, 9.17) is 9.47 Å². The van der Waals surface area contributed by atoms with Crippen molar-refractivity contribution in [3.05, 3.63) is 63.8 Å². The number of carbonyl (C=O) groups is 1. The van der Waals surface area contributed by atoms with Gasteiger partial charge in [0.15, 0.2) is 5.75 Å². The van der Waals surface area contributed by atoms with Gasteiger partial charge in [0, 0.05) is 30.4 Å². The third-order valence-electron chi connectivity index (χ3n) is 4.76. The van der Waals surface area contributed by atoms with E-state index in [1.165, 1.54) is 22.9 Å². The smallest absolute Gasteiger partial charge is 0.242 e. The van der Waals surface area contributed by atoms with Crippen LogP contribution in [0.4, 0.5) is 4.39 Å². The number of ether oxygens (including phenoxy) is 2. The van der Waals surface area contributed by atoms with Crippen molar-refractivity contribution in [3.63, 3.8) is 0 Å². The Morgan fingerprint density at radius 1 is 1.28 bits per heavy atom. The maximum Gasteiger partial charge on any atom is 0.242 e. The number of hydrogen-bond donors (Lipinski definition) is 1. The van der Waals surface area contributed by atoms with E-state index in [0.29, 0.717) is 24.3 Å². The number of rotatable bonds is 6. The highest BCUT2D eigenvalue weighted by atomic mass is 19.1. The summed E-state index contributed by atoms with van der Waals surface area (Å²) < 4.78 is 26.4. The van der Waals surface area contributed by atoms with Gasteiger partial charge in [-0.3, -0.25) is 9.59 Å². The topological polar surface area (TPSA) is 81.0 Å². The van der Waals surface area contributed by atoms with Gasteiger partial charge in [-0.25, -0.2) is 4.39 Å². The first kappa shape index (κ1) is 21.0. The van der Waals surface area contributed by atoms with Crippen molar-refractivity contribution >= 4 is 5.91 Å². The first-order valence-electron chi connectivity index (χ1n) is 9.51. The quantitative estimate of drug-likeness (QED) is 0.793. The van der Waals surface area contributed by atoms with Crippen LogP contribution in [0.1, 0.15) is 25.1 Å². The zero-order valence-corrected chi connectivity index (χ0v) is 16.5. The molecule has 0 unspecified atom stereocenters. The summed E-state index contributed by atoms with van der Waals surface area (Å²) in [6.45, 7) is 4.21. The second-order valence-corrected chi connectivity index (χ2v) is 7.22. The molecule has 1 saturated heterocycles. The minimum Gasteiger partial charge on any atom is -0.483 e. The number of pyridine rings is 1. The normalized spacial score (nSPS) is 19.2. The lowest BCUT2D eigenvalue weighted by atomic mass is 10.2. The predicted molar refractivity (Wildman–Crippen MR) is 104 cm³/mol. The fourth-order valence-electron chi connectivity index (χ4n) is 3.38. The number of morpholine rings is 1. The van der Waals surface area contributed by atoms with E-state index in [1.807, 2.05) is 13.8 Å². The maximum atomic E-state index is 13.8. The summed E-state index contributed by atoms with van der Waals surface area (Å²) in [6, 6.07) is 7.36. The highest BCUT2D eigenvalue weighted by Gasteiger charge is 2.26. The van der Waals surface area contributed by atoms with E-state index in [-0.39, 0.29) is 37.0 Å². The lowest BCUT2D eigenvalue weighted by Crippen LogP contribution is -2.49. The van der Waals surface area contributed by atoms with Gasteiger partial charge >= 0.3 is 0 Å². The molecule has 0 spiro atoms. The van der Waals surface area contributed by atoms with Gasteiger partial charge < -0.3 is 24.0 Å². The van der Waals surface area contributed by atoms with Gasteiger partial charge in [0.2, 0.25) is 11.3 Å². The van der Waals surface area contributed by atoms with Gasteiger partial charge in [-0.2, -0.15) is 0 Å². The van der Waals surface area contributed by atoms with Crippen molar-refractivity contribution in [1.82, 2.24) is 9.47 Å². The number of nitrogens with zero attached hydrogens (tertiary/aromatic N) is 2. The number of halogens is 1. The number of aromatic nitrogens is 1. The molecule has 3 rings (SSSR count). The summed E-state index contributed by atoms with van der Waals surface area (Å²) >= 11 is 0. The molecule has 1 amide bonds. The van der Waals surface area contributed by atoms with Crippen LogP contribution < -0.4 is 10.2 Å². The van der Waals surface area contributed by atoms with Crippen LogP contribution in [0.25, 0.3) is 0 Å². The summed E-state index contributed by atoms with van der Waals surface area (Å²) in [5, 5.41) is 9.59. The lowest BCUT2D eigenvalue weighted by molar-refractivity contribution is -0.143. The molecule has 29 heavy (non-hydrogen) atoms. The Hall–Kier alpha value is -2.71. The van der Waals surface area contributed by atoms with E-state index in [9.17, 15) is 19.1 Å². The van der Waals surface area contributed by atoms with Gasteiger partial charge in [0.25, 0.3) is 0 Å². The van der Waals surface area contributed by atoms with Gasteiger partial charge in [-0.15, -0.1) is 0 Å². The first-order valence-corrected chi connectivity index (χ1v) is 9.51. The van der Waals surface area contributed by atoms with E-state index < -0.39 is 17.9 Å². The largest absolute Gasteiger partial charge is 0.483 e. The third kappa shape index (κ3) is 5.21. The molecule has 2 heterocycles. The van der Waals surface area contributed by atoms with Crippen LogP contribution in [0.5, 0.6) is 5.75 Å². The van der Waals surface area contributed by atoms with Crippen LogP contribution in [0.3, 0.4) is 0 Å². The fraction of sp³-hybridized carbons (Fsp3) is 0.429. The molecule has 7 nitrogen and oxygen atoms in total. The molecule has 0 aliphatic carbocycles. The summed E-state index contributed by atoms with van der Waals surface area (Å²) in [4.78, 5) is 26.7. The van der Waals surface area contributed by atoms with Gasteiger partial charge in [-0.1, -0.05) is 18.2 Å². The van der Waals surface area contributed by atoms with Crippen LogP contribution in [-0.2, 0) is 29.3 Å². The van der Waals surface area contributed by atoms with Crippen molar-refractivity contribution in [3.8, 4) is 5.75 Å². The summed E-state index contributed by atoms with van der Waals surface area (Å²) in [5.41, 5.74) is 0.177. The Labute approximate surface area is 168 Å². The molecule has 2 aromatic rings.